The first-order valence-electron chi connectivity index (χ1n) is 12.4. The predicted octanol–water partition coefficient (Wildman–Crippen LogP) is 10.0. The Morgan fingerprint density at radius 3 is 1.07 bits per heavy atom. The fourth-order valence-corrected chi connectivity index (χ4v) is 1.62. The van der Waals surface area contributed by atoms with Gasteiger partial charge in [0.2, 0.25) is 0 Å². The topological polar surface area (TPSA) is 133 Å². The van der Waals surface area contributed by atoms with Gasteiger partial charge in [0.05, 0.1) is 21.3 Å². The maximum atomic E-state index is 13.5. The maximum Gasteiger partial charge on any atom is 0.574 e. The SMILES string of the molecule is C.C=C(F)OC(F)(F)F.COC(=O)C(F)(F)C(F)(F)OC(F)(C(F)(F)F)C(F)(F)OC(F)=C(F)F.COC(=O)C(F)(F)C(F)(F)OCC(F)(F)F.COC(=O)F.O=C(F)CF. The Balaban J connectivity index is -0.000000182. The van der Waals surface area contributed by atoms with Crippen LogP contribution in [0.15, 0.2) is 24.7 Å². The molecule has 0 aromatic carbocycles. The molecule has 0 spiro atoms. The van der Waals surface area contributed by atoms with Gasteiger partial charge in [0.1, 0.15) is 6.61 Å². The summed E-state index contributed by atoms with van der Waals surface area (Å²) in [5.41, 5.74) is 0. The van der Waals surface area contributed by atoms with E-state index in [9.17, 15) is 128 Å². The highest BCUT2D eigenvalue weighted by Crippen LogP contribution is 2.53. The molecule has 1 atom stereocenters. The van der Waals surface area contributed by atoms with Crippen molar-refractivity contribution in [3.8, 4) is 0 Å². The van der Waals surface area contributed by atoms with Crippen LogP contribution in [0.2, 0.25) is 0 Å². The molecule has 11 nitrogen and oxygen atoms in total. The molecule has 0 rings (SSSR count). The summed E-state index contributed by atoms with van der Waals surface area (Å²) in [5.74, 6) is -25.3. The highest BCUT2D eigenvalue weighted by Gasteiger charge is 2.82. The van der Waals surface area contributed by atoms with Crippen LogP contribution in [0, 0.1) is 0 Å². The Hall–Kier alpha value is -4.81. The van der Waals surface area contributed by atoms with Gasteiger partial charge in [0, 0.05) is 0 Å². The van der Waals surface area contributed by atoms with Gasteiger partial charge >= 0.3 is 91.0 Å². The monoisotopic (exact) mass is 984 g/mol. The summed E-state index contributed by atoms with van der Waals surface area (Å²) in [6, 6.07) is -7.63. The Labute approximate surface area is 317 Å². The first-order valence-corrected chi connectivity index (χ1v) is 12.4. The van der Waals surface area contributed by atoms with Crippen LogP contribution in [0.1, 0.15) is 7.43 Å². The molecule has 0 aromatic heterocycles. The van der Waals surface area contributed by atoms with E-state index in [2.05, 4.69) is 30.3 Å². The van der Waals surface area contributed by atoms with Crippen molar-refractivity contribution in [2.24, 2.45) is 0 Å². The van der Waals surface area contributed by atoms with Crippen LogP contribution in [0.4, 0.5) is 123 Å². The van der Waals surface area contributed by atoms with Crippen LogP contribution in [-0.2, 0) is 47.5 Å². The van der Waals surface area contributed by atoms with Crippen LogP contribution in [0.3, 0.4) is 0 Å². The zero-order chi connectivity index (χ0) is 49.9. The van der Waals surface area contributed by atoms with E-state index in [1.54, 1.807) is 4.74 Å². The van der Waals surface area contributed by atoms with Gasteiger partial charge in [-0.2, -0.15) is 96.6 Å². The van der Waals surface area contributed by atoms with E-state index in [0.29, 0.717) is 7.11 Å². The van der Waals surface area contributed by atoms with Crippen molar-refractivity contribution >= 4 is 24.2 Å². The van der Waals surface area contributed by atoms with Gasteiger partial charge in [-0.15, -0.1) is 17.6 Å². The third-order valence-electron chi connectivity index (χ3n) is 3.90. The second-order valence-electron chi connectivity index (χ2n) is 8.25. The van der Waals surface area contributed by atoms with Crippen molar-refractivity contribution in [3.63, 3.8) is 0 Å². The Bertz CT molecular complexity index is 1390. The zero-order valence-electron chi connectivity index (χ0n) is 27.8. The van der Waals surface area contributed by atoms with E-state index in [1.807, 2.05) is 4.74 Å². The third-order valence-corrected chi connectivity index (χ3v) is 3.90. The van der Waals surface area contributed by atoms with Gasteiger partial charge in [0.25, 0.3) is 6.01 Å². The first kappa shape index (κ1) is 67.9. The van der Waals surface area contributed by atoms with E-state index in [-0.39, 0.29) is 14.5 Å². The van der Waals surface area contributed by atoms with Crippen molar-refractivity contribution in [2.75, 3.05) is 34.6 Å². The first-order chi connectivity index (χ1) is 26.2. The second-order valence-corrected chi connectivity index (χ2v) is 8.25. The minimum atomic E-state index is -7.39. The lowest BCUT2D eigenvalue weighted by Gasteiger charge is -2.36. The van der Waals surface area contributed by atoms with E-state index < -0.39 is 110 Å². The van der Waals surface area contributed by atoms with Crippen molar-refractivity contribution in [1.82, 2.24) is 0 Å². The minimum Gasteiger partial charge on any atom is -0.464 e. The molecule has 38 heteroatoms. The normalized spacial score (nSPS) is 13.0. The Morgan fingerprint density at radius 1 is 0.541 bits per heavy atom. The lowest BCUT2D eigenvalue weighted by molar-refractivity contribution is -0.513. The molecule has 0 aliphatic rings. The molecule has 366 valence electrons. The Morgan fingerprint density at radius 2 is 0.869 bits per heavy atom. The molecule has 0 bridgehead atoms. The fourth-order valence-electron chi connectivity index (χ4n) is 1.62. The van der Waals surface area contributed by atoms with Gasteiger partial charge in [-0.25, -0.2) is 18.8 Å². The molecule has 0 fully saturated rings. The number of rotatable bonds is 13. The van der Waals surface area contributed by atoms with E-state index in [1.165, 1.54) is 0 Å². The largest absolute Gasteiger partial charge is 0.574 e. The number of hydrogen-bond donors (Lipinski definition) is 0. The summed E-state index contributed by atoms with van der Waals surface area (Å²) in [5, 5.41) is 0. The molecule has 0 aliphatic heterocycles. The highest BCUT2D eigenvalue weighted by atomic mass is 19.4. The maximum absolute atomic E-state index is 13.5. The molecule has 0 aliphatic carbocycles. The molecular formula is C23H19F27O11. The molecule has 0 heterocycles. The summed E-state index contributed by atoms with van der Waals surface area (Å²) in [7, 11) is 1.35. The molecule has 1 unspecified atom stereocenters. The second kappa shape index (κ2) is 25.8. The third kappa shape index (κ3) is 25.5. The molecule has 61 heavy (non-hydrogen) atoms. The van der Waals surface area contributed by atoms with Crippen LogP contribution in [0.5, 0.6) is 0 Å². The zero-order valence-corrected chi connectivity index (χ0v) is 27.8. The molecule has 0 amide bonds. The number of methoxy groups -OCH3 is 3. The number of carbonyl (C=O) groups excluding carboxylic acids is 4. The van der Waals surface area contributed by atoms with Gasteiger partial charge < -0.3 is 28.4 Å². The van der Waals surface area contributed by atoms with Crippen molar-refractivity contribution < 1.29 is 171 Å². The average Bonchev–Trinajstić information content (AvgIpc) is 3.04. The molecule has 0 saturated carbocycles. The molecule has 0 saturated heterocycles. The van der Waals surface area contributed by atoms with Crippen LogP contribution in [-0.4, -0.2) is 114 Å². The van der Waals surface area contributed by atoms with Gasteiger partial charge in [-0.05, 0) is 6.58 Å². The van der Waals surface area contributed by atoms with Gasteiger partial charge in [-0.1, -0.05) is 7.43 Å². The predicted molar refractivity (Wildman–Crippen MR) is 133 cm³/mol. The highest BCUT2D eigenvalue weighted by molar-refractivity contribution is 5.78. The van der Waals surface area contributed by atoms with Gasteiger partial charge in [-0.3, -0.25) is 9.53 Å². The summed E-state index contributed by atoms with van der Waals surface area (Å²) < 4.78 is 342. The molecule has 0 N–H and O–H groups in total. The lowest BCUT2D eigenvalue weighted by atomic mass is 10.2. The number of carbonyl (C=O) groups is 4. The number of ether oxygens (including phenoxy) is 7. The van der Waals surface area contributed by atoms with Crippen molar-refractivity contribution in [1.29, 1.82) is 0 Å². The van der Waals surface area contributed by atoms with Gasteiger partial charge in [0.15, 0.2) is 6.67 Å². The number of alkyl halides is 21. The van der Waals surface area contributed by atoms with Crippen molar-refractivity contribution in [2.45, 2.75) is 62.2 Å². The molecule has 0 radical (unpaired) electrons. The fraction of sp³-hybridized carbons (Fsp3) is 0.652. The minimum absolute atomic E-state index is 0. The standard InChI is InChI=1S/C9H3F13O4.C6H5F7O3.C3H2F4O.C2H2F2O.C2H3FO2.CH4/c1-24-4(23)5(13,14)8(19,20)26-6(15,7(16,17)18)9(21,22)25-3(12)2(10)11;1-15-3(14)5(10,11)6(12,13)16-2-4(7,8)9;1-2(4)8-3(5,6)7;3-1-2(4)5;1-5-2(3)4;/h1H3;2H2,1H3;1H2;1H2;1H3;1H4. The van der Waals surface area contributed by atoms with Crippen LogP contribution in [0.25, 0.3) is 0 Å². The van der Waals surface area contributed by atoms with E-state index in [4.69, 9.17) is 9.59 Å². The lowest BCUT2D eigenvalue weighted by Crippen LogP contribution is -2.64. The summed E-state index contributed by atoms with van der Waals surface area (Å²) in [4.78, 5) is 38.3. The number of esters is 2. The summed E-state index contributed by atoms with van der Waals surface area (Å²) in [6.45, 7) is -1.89. The summed E-state index contributed by atoms with van der Waals surface area (Å²) in [6.07, 6.45) is -42.9. The Kier molecular flexibility index (Phi) is 28.8. The van der Waals surface area contributed by atoms with E-state index in [0.717, 1.165) is 7.11 Å². The van der Waals surface area contributed by atoms with Crippen LogP contribution >= 0.6 is 0 Å². The van der Waals surface area contributed by atoms with Crippen LogP contribution < -0.4 is 0 Å². The number of halogens is 27. The quantitative estimate of drug-likeness (QED) is 0.0574. The molecule has 0 aromatic rings. The smallest absolute Gasteiger partial charge is 0.464 e. The van der Waals surface area contributed by atoms with E-state index >= 15 is 0 Å². The summed E-state index contributed by atoms with van der Waals surface area (Å²) >= 11 is 0. The average molecular weight is 984 g/mol. The number of hydrogen-bond acceptors (Lipinski definition) is 11. The molecular weight excluding hydrogens is 965 g/mol. The van der Waals surface area contributed by atoms with Crippen molar-refractivity contribution in [3.05, 3.63) is 24.7 Å².